The zero-order valence-electron chi connectivity index (χ0n) is 15.7. The summed E-state index contributed by atoms with van der Waals surface area (Å²) in [6, 6.07) is 6.20. The van der Waals surface area contributed by atoms with E-state index in [1.54, 1.807) is 32.9 Å². The standard InChI is InChI=1S/C20H19NO7/c1-4-25-16-9-12(8-14(11-21)18(22)26-5-2)7-13-10-15(19(23)27-6-3)20(24)28-17(13)16/h7-10H,4-6H2,1-3H3. The average Bonchev–Trinajstić information content (AvgIpc) is 2.66. The highest BCUT2D eigenvalue weighted by atomic mass is 16.5. The zero-order chi connectivity index (χ0) is 20.7. The Morgan fingerprint density at radius 3 is 2.43 bits per heavy atom. The monoisotopic (exact) mass is 385 g/mol. The Kier molecular flexibility index (Phi) is 6.93. The van der Waals surface area contributed by atoms with Gasteiger partial charge in [0, 0.05) is 5.39 Å². The first-order valence-corrected chi connectivity index (χ1v) is 8.65. The van der Waals surface area contributed by atoms with Crippen molar-refractivity contribution in [1.82, 2.24) is 0 Å². The molecule has 0 saturated carbocycles. The van der Waals surface area contributed by atoms with Crippen LogP contribution in [0.3, 0.4) is 0 Å². The number of esters is 2. The second-order valence-corrected chi connectivity index (χ2v) is 5.43. The van der Waals surface area contributed by atoms with Crippen molar-refractivity contribution in [2.24, 2.45) is 0 Å². The van der Waals surface area contributed by atoms with E-state index in [-0.39, 0.29) is 42.3 Å². The SMILES string of the molecule is CCOC(=O)C(C#N)=Cc1cc(OCC)c2oc(=O)c(C(=O)OCC)cc2c1. The Bertz CT molecular complexity index is 1030. The van der Waals surface area contributed by atoms with E-state index in [2.05, 4.69) is 0 Å². The molecule has 1 aromatic heterocycles. The van der Waals surface area contributed by atoms with Crippen LogP contribution in [-0.4, -0.2) is 31.8 Å². The third-order valence-electron chi connectivity index (χ3n) is 3.54. The maximum Gasteiger partial charge on any atom is 0.351 e. The fourth-order valence-corrected chi connectivity index (χ4v) is 2.43. The van der Waals surface area contributed by atoms with Gasteiger partial charge in [-0.25, -0.2) is 14.4 Å². The van der Waals surface area contributed by atoms with Gasteiger partial charge in [0.2, 0.25) is 0 Å². The highest BCUT2D eigenvalue weighted by molar-refractivity contribution is 5.99. The molecular weight excluding hydrogens is 366 g/mol. The van der Waals surface area contributed by atoms with Gasteiger partial charge < -0.3 is 18.6 Å². The predicted octanol–water partition coefficient (Wildman–Crippen LogP) is 2.84. The lowest BCUT2D eigenvalue weighted by Crippen LogP contribution is -2.16. The summed E-state index contributed by atoms with van der Waals surface area (Å²) in [5.74, 6) is -1.32. The molecule has 146 valence electrons. The van der Waals surface area contributed by atoms with Crippen molar-refractivity contribution in [3.8, 4) is 11.8 Å². The summed E-state index contributed by atoms with van der Waals surface area (Å²) < 4.78 is 20.5. The number of carbonyl (C=O) groups is 2. The van der Waals surface area contributed by atoms with Crippen molar-refractivity contribution in [1.29, 1.82) is 5.26 Å². The predicted molar refractivity (Wildman–Crippen MR) is 99.8 cm³/mol. The van der Waals surface area contributed by atoms with Crippen molar-refractivity contribution >= 4 is 29.0 Å². The van der Waals surface area contributed by atoms with Gasteiger partial charge >= 0.3 is 17.6 Å². The van der Waals surface area contributed by atoms with Gasteiger partial charge in [-0.05, 0) is 50.6 Å². The number of nitriles is 1. The van der Waals surface area contributed by atoms with Crippen LogP contribution in [0.1, 0.15) is 36.7 Å². The molecule has 2 rings (SSSR count). The van der Waals surface area contributed by atoms with Crippen molar-refractivity contribution in [2.75, 3.05) is 19.8 Å². The van der Waals surface area contributed by atoms with Crippen molar-refractivity contribution in [3.63, 3.8) is 0 Å². The normalized spacial score (nSPS) is 11.0. The molecule has 0 saturated heterocycles. The van der Waals surface area contributed by atoms with E-state index in [0.717, 1.165) is 0 Å². The number of hydrogen-bond donors (Lipinski definition) is 0. The van der Waals surface area contributed by atoms with E-state index in [9.17, 15) is 19.6 Å². The van der Waals surface area contributed by atoms with Gasteiger partial charge in [-0.15, -0.1) is 0 Å². The largest absolute Gasteiger partial charge is 0.490 e. The Morgan fingerprint density at radius 1 is 1.11 bits per heavy atom. The summed E-state index contributed by atoms with van der Waals surface area (Å²) in [7, 11) is 0. The fourth-order valence-electron chi connectivity index (χ4n) is 2.43. The Labute approximate surface area is 160 Å². The molecule has 0 aliphatic heterocycles. The molecule has 1 aromatic carbocycles. The summed E-state index contributed by atoms with van der Waals surface area (Å²) >= 11 is 0. The number of ether oxygens (including phenoxy) is 3. The molecule has 8 heteroatoms. The van der Waals surface area contributed by atoms with Crippen LogP contribution in [0.2, 0.25) is 0 Å². The van der Waals surface area contributed by atoms with E-state index < -0.39 is 17.6 Å². The zero-order valence-corrected chi connectivity index (χ0v) is 15.7. The fraction of sp³-hybridized carbons (Fsp3) is 0.300. The van der Waals surface area contributed by atoms with Gasteiger partial charge in [-0.2, -0.15) is 5.26 Å². The van der Waals surface area contributed by atoms with Crippen LogP contribution in [0.5, 0.6) is 5.75 Å². The van der Waals surface area contributed by atoms with Crippen LogP contribution in [-0.2, 0) is 14.3 Å². The van der Waals surface area contributed by atoms with E-state index in [4.69, 9.17) is 18.6 Å². The smallest absolute Gasteiger partial charge is 0.351 e. The lowest BCUT2D eigenvalue weighted by molar-refractivity contribution is -0.137. The lowest BCUT2D eigenvalue weighted by atomic mass is 10.1. The van der Waals surface area contributed by atoms with Crippen LogP contribution in [0.15, 0.2) is 33.0 Å². The Morgan fingerprint density at radius 2 is 1.82 bits per heavy atom. The molecule has 0 N–H and O–H groups in total. The van der Waals surface area contributed by atoms with Crippen LogP contribution < -0.4 is 10.4 Å². The number of hydrogen-bond acceptors (Lipinski definition) is 8. The molecular formula is C20H19NO7. The summed E-state index contributed by atoms with van der Waals surface area (Å²) in [5.41, 5.74) is -0.731. The molecule has 8 nitrogen and oxygen atoms in total. The second kappa shape index (κ2) is 9.37. The molecule has 0 amide bonds. The number of benzene rings is 1. The first-order valence-electron chi connectivity index (χ1n) is 8.65. The van der Waals surface area contributed by atoms with Crippen LogP contribution in [0, 0.1) is 11.3 Å². The summed E-state index contributed by atoms with van der Waals surface area (Å²) in [6.07, 6.45) is 1.33. The molecule has 0 fully saturated rings. The Balaban J connectivity index is 2.67. The third kappa shape index (κ3) is 4.57. The van der Waals surface area contributed by atoms with Gasteiger partial charge in [-0.1, -0.05) is 0 Å². The van der Waals surface area contributed by atoms with E-state index >= 15 is 0 Å². The minimum absolute atomic E-state index is 0.106. The minimum Gasteiger partial charge on any atom is -0.490 e. The van der Waals surface area contributed by atoms with Crippen LogP contribution >= 0.6 is 0 Å². The molecule has 28 heavy (non-hydrogen) atoms. The number of rotatable bonds is 7. The highest BCUT2D eigenvalue weighted by Crippen LogP contribution is 2.29. The van der Waals surface area contributed by atoms with Gasteiger partial charge in [0.1, 0.15) is 17.2 Å². The average molecular weight is 385 g/mol. The highest BCUT2D eigenvalue weighted by Gasteiger charge is 2.18. The van der Waals surface area contributed by atoms with E-state index in [1.807, 2.05) is 0 Å². The molecule has 2 aromatic rings. The molecule has 0 radical (unpaired) electrons. The molecule has 1 heterocycles. The van der Waals surface area contributed by atoms with Crippen molar-refractivity contribution < 1.29 is 28.2 Å². The van der Waals surface area contributed by atoms with E-state index in [0.29, 0.717) is 10.9 Å². The quantitative estimate of drug-likeness (QED) is 0.309. The maximum atomic E-state index is 12.1. The first kappa shape index (κ1) is 20.7. The molecule has 0 bridgehead atoms. The van der Waals surface area contributed by atoms with Crippen LogP contribution in [0.4, 0.5) is 0 Å². The van der Waals surface area contributed by atoms with Gasteiger partial charge in [0.15, 0.2) is 11.3 Å². The topological polar surface area (TPSA) is 116 Å². The number of fused-ring (bicyclic) bond motifs is 1. The second-order valence-electron chi connectivity index (χ2n) is 5.43. The molecule has 0 spiro atoms. The Hall–Kier alpha value is -3.60. The molecule has 0 aliphatic carbocycles. The van der Waals surface area contributed by atoms with Gasteiger partial charge in [0.05, 0.1) is 19.8 Å². The summed E-state index contributed by atoms with van der Waals surface area (Å²) in [4.78, 5) is 35.9. The lowest BCUT2D eigenvalue weighted by Gasteiger charge is -2.09. The maximum absolute atomic E-state index is 12.1. The van der Waals surface area contributed by atoms with Gasteiger partial charge in [-0.3, -0.25) is 0 Å². The summed E-state index contributed by atoms with van der Waals surface area (Å²) in [5, 5.41) is 9.59. The van der Waals surface area contributed by atoms with Crippen LogP contribution in [0.25, 0.3) is 17.0 Å². The number of nitrogens with zero attached hydrogens (tertiary/aromatic N) is 1. The van der Waals surface area contributed by atoms with E-state index in [1.165, 1.54) is 18.2 Å². The van der Waals surface area contributed by atoms with Gasteiger partial charge in [0.25, 0.3) is 0 Å². The third-order valence-corrected chi connectivity index (χ3v) is 3.54. The molecule has 0 atom stereocenters. The molecule has 0 aliphatic rings. The first-order chi connectivity index (χ1) is 13.4. The number of carbonyl (C=O) groups excluding carboxylic acids is 2. The summed E-state index contributed by atoms with van der Waals surface area (Å²) in [6.45, 7) is 5.53. The van der Waals surface area contributed by atoms with Crippen molar-refractivity contribution in [3.05, 3.63) is 45.3 Å². The van der Waals surface area contributed by atoms with Crippen molar-refractivity contribution in [2.45, 2.75) is 20.8 Å². The minimum atomic E-state index is -0.848. The molecule has 0 unspecified atom stereocenters.